The molecule has 2 N–H and O–H groups in total. The number of halogens is 1. The Labute approximate surface area is 128 Å². The molecule has 0 radical (unpaired) electrons. The van der Waals surface area contributed by atoms with Crippen LogP contribution in [0.2, 0.25) is 0 Å². The molecule has 0 saturated carbocycles. The average Bonchev–Trinajstić information content (AvgIpc) is 2.88. The number of rotatable bonds is 5. The molecule has 0 fully saturated rings. The van der Waals surface area contributed by atoms with Gasteiger partial charge in [0.1, 0.15) is 5.82 Å². The summed E-state index contributed by atoms with van der Waals surface area (Å²) in [5, 5.41) is 7.50. The summed E-state index contributed by atoms with van der Waals surface area (Å²) in [6, 6.07) is 6.53. The molecule has 0 bridgehead atoms. The van der Waals surface area contributed by atoms with E-state index in [0.29, 0.717) is 12.5 Å². The summed E-state index contributed by atoms with van der Waals surface area (Å²) in [5.41, 5.74) is 0.883. The van der Waals surface area contributed by atoms with E-state index in [1.54, 1.807) is 24.5 Å². The number of benzene rings is 1. The Morgan fingerprint density at radius 2 is 2.24 bits per heavy atom. The van der Waals surface area contributed by atoms with Crippen molar-refractivity contribution < 1.29 is 4.39 Å². The van der Waals surface area contributed by atoms with Crippen LogP contribution in [-0.4, -0.2) is 24.5 Å². The van der Waals surface area contributed by atoms with Crippen LogP contribution in [0.5, 0.6) is 0 Å². The molecule has 0 unspecified atom stereocenters. The molecule has 6 heteroatoms. The number of guanidine groups is 1. The molecule has 1 aromatic carbocycles. The molecular weight excluding hydrogens is 287 g/mol. The lowest BCUT2D eigenvalue weighted by Crippen LogP contribution is -2.37. The minimum atomic E-state index is -0.226. The smallest absolute Gasteiger partial charge is 0.191 e. The number of nitrogens with one attached hydrogen (secondary N) is 2. The van der Waals surface area contributed by atoms with Gasteiger partial charge in [-0.15, -0.1) is 11.3 Å². The Bertz CT molecular complexity index is 609. The first-order chi connectivity index (χ1) is 10.2. The quantitative estimate of drug-likeness (QED) is 0.659. The Morgan fingerprint density at radius 1 is 1.38 bits per heavy atom. The second kappa shape index (κ2) is 7.73. The van der Waals surface area contributed by atoms with Crippen LogP contribution >= 0.6 is 11.3 Å². The Kier molecular flexibility index (Phi) is 5.68. The van der Waals surface area contributed by atoms with Crippen molar-refractivity contribution >= 4 is 17.3 Å². The van der Waals surface area contributed by atoms with Crippen molar-refractivity contribution in [3.05, 3.63) is 51.7 Å². The van der Waals surface area contributed by atoms with E-state index in [0.717, 1.165) is 23.5 Å². The zero-order valence-electron chi connectivity index (χ0n) is 12.2. The van der Waals surface area contributed by atoms with Crippen molar-refractivity contribution in [2.75, 3.05) is 13.6 Å². The third kappa shape index (κ3) is 5.15. The highest BCUT2D eigenvalue weighted by atomic mass is 32.1. The van der Waals surface area contributed by atoms with Gasteiger partial charge >= 0.3 is 0 Å². The Morgan fingerprint density at radius 3 is 2.90 bits per heavy atom. The van der Waals surface area contributed by atoms with Crippen molar-refractivity contribution in [3.8, 4) is 0 Å². The van der Waals surface area contributed by atoms with E-state index in [-0.39, 0.29) is 5.82 Å². The lowest BCUT2D eigenvalue weighted by Gasteiger charge is -2.11. The molecule has 0 aliphatic rings. The molecule has 0 amide bonds. The fraction of sp³-hybridized carbons (Fsp3) is 0.333. The first kappa shape index (κ1) is 15.4. The summed E-state index contributed by atoms with van der Waals surface area (Å²) in [5.74, 6) is 0.476. The maximum atomic E-state index is 13.1. The van der Waals surface area contributed by atoms with Gasteiger partial charge in [-0.05, 0) is 24.6 Å². The molecule has 0 aliphatic heterocycles. The standard InChI is InChI=1S/C15H19FN4S/c1-11-9-19-14(21-11)6-7-18-15(17-2)20-10-12-4-3-5-13(16)8-12/h3-5,8-9H,6-7,10H2,1-2H3,(H2,17,18,20). The van der Waals surface area contributed by atoms with Gasteiger partial charge in [-0.2, -0.15) is 0 Å². The topological polar surface area (TPSA) is 49.3 Å². The van der Waals surface area contributed by atoms with E-state index in [4.69, 9.17) is 0 Å². The Hall–Kier alpha value is -1.95. The molecule has 21 heavy (non-hydrogen) atoms. The van der Waals surface area contributed by atoms with Gasteiger partial charge in [0.25, 0.3) is 0 Å². The predicted octanol–water partition coefficient (Wildman–Crippen LogP) is 2.50. The molecule has 1 aromatic heterocycles. The predicted molar refractivity (Wildman–Crippen MR) is 85.2 cm³/mol. The van der Waals surface area contributed by atoms with Crippen molar-refractivity contribution in [1.82, 2.24) is 15.6 Å². The summed E-state index contributed by atoms with van der Waals surface area (Å²) < 4.78 is 13.1. The van der Waals surface area contributed by atoms with Crippen molar-refractivity contribution in [2.45, 2.75) is 19.9 Å². The molecular formula is C15H19FN4S. The first-order valence-electron chi connectivity index (χ1n) is 6.77. The molecule has 0 atom stereocenters. The summed E-state index contributed by atoms with van der Waals surface area (Å²) in [7, 11) is 1.72. The molecule has 112 valence electrons. The van der Waals surface area contributed by atoms with Crippen LogP contribution in [0.3, 0.4) is 0 Å². The van der Waals surface area contributed by atoms with Gasteiger partial charge in [0, 0.05) is 37.6 Å². The van der Waals surface area contributed by atoms with Crippen LogP contribution in [0.25, 0.3) is 0 Å². The normalized spacial score (nSPS) is 11.5. The van der Waals surface area contributed by atoms with Crippen molar-refractivity contribution in [1.29, 1.82) is 0 Å². The van der Waals surface area contributed by atoms with Crippen LogP contribution < -0.4 is 10.6 Å². The number of aromatic nitrogens is 1. The summed E-state index contributed by atoms with van der Waals surface area (Å²) >= 11 is 1.71. The molecule has 4 nitrogen and oxygen atoms in total. The number of hydrogen-bond acceptors (Lipinski definition) is 3. The zero-order valence-corrected chi connectivity index (χ0v) is 13.0. The summed E-state index contributed by atoms with van der Waals surface area (Å²) in [6.07, 6.45) is 2.75. The maximum Gasteiger partial charge on any atom is 0.191 e. The zero-order chi connectivity index (χ0) is 15.1. The van der Waals surface area contributed by atoms with Gasteiger partial charge in [-0.1, -0.05) is 12.1 Å². The SMILES string of the molecule is CN=C(NCCc1ncc(C)s1)NCc1cccc(F)c1. The first-order valence-corrected chi connectivity index (χ1v) is 7.59. The van der Waals surface area contributed by atoms with E-state index in [2.05, 4.69) is 20.6 Å². The molecule has 0 saturated heterocycles. The minimum absolute atomic E-state index is 0.226. The van der Waals surface area contributed by atoms with Gasteiger partial charge < -0.3 is 10.6 Å². The van der Waals surface area contributed by atoms with Gasteiger partial charge in [0.15, 0.2) is 5.96 Å². The van der Waals surface area contributed by atoms with Crippen molar-refractivity contribution in [2.24, 2.45) is 4.99 Å². The molecule has 0 spiro atoms. The van der Waals surface area contributed by atoms with Gasteiger partial charge in [0.05, 0.1) is 5.01 Å². The summed E-state index contributed by atoms with van der Waals surface area (Å²) in [6.45, 7) is 3.34. The highest BCUT2D eigenvalue weighted by Gasteiger charge is 2.01. The average molecular weight is 306 g/mol. The van der Waals surface area contributed by atoms with E-state index in [1.807, 2.05) is 19.2 Å². The number of thiazole rings is 1. The van der Waals surface area contributed by atoms with E-state index < -0.39 is 0 Å². The van der Waals surface area contributed by atoms with Crippen LogP contribution in [0, 0.1) is 12.7 Å². The van der Waals surface area contributed by atoms with Gasteiger partial charge in [-0.25, -0.2) is 9.37 Å². The van der Waals surface area contributed by atoms with Crippen molar-refractivity contribution in [3.63, 3.8) is 0 Å². The number of hydrogen-bond donors (Lipinski definition) is 2. The van der Waals surface area contributed by atoms with E-state index in [1.165, 1.54) is 17.0 Å². The molecule has 2 aromatic rings. The molecule has 2 rings (SSSR count). The third-order valence-electron chi connectivity index (χ3n) is 2.87. The van der Waals surface area contributed by atoms with Crippen LogP contribution in [-0.2, 0) is 13.0 Å². The fourth-order valence-corrected chi connectivity index (χ4v) is 2.64. The van der Waals surface area contributed by atoms with Crippen LogP contribution in [0.1, 0.15) is 15.4 Å². The molecule has 1 heterocycles. The maximum absolute atomic E-state index is 13.1. The highest BCUT2D eigenvalue weighted by Crippen LogP contribution is 2.10. The lowest BCUT2D eigenvalue weighted by molar-refractivity contribution is 0.624. The van der Waals surface area contributed by atoms with E-state index in [9.17, 15) is 4.39 Å². The lowest BCUT2D eigenvalue weighted by atomic mass is 10.2. The van der Waals surface area contributed by atoms with Gasteiger partial charge in [-0.3, -0.25) is 4.99 Å². The second-order valence-corrected chi connectivity index (χ2v) is 5.92. The van der Waals surface area contributed by atoms with Gasteiger partial charge in [0.2, 0.25) is 0 Å². The van der Waals surface area contributed by atoms with Crippen LogP contribution in [0.4, 0.5) is 4.39 Å². The molecule has 0 aliphatic carbocycles. The number of aliphatic imine (C=N–C) groups is 1. The summed E-state index contributed by atoms with van der Waals surface area (Å²) in [4.78, 5) is 9.68. The van der Waals surface area contributed by atoms with Crippen LogP contribution in [0.15, 0.2) is 35.5 Å². The third-order valence-corrected chi connectivity index (χ3v) is 3.85. The monoisotopic (exact) mass is 306 g/mol. The number of nitrogens with zero attached hydrogens (tertiary/aromatic N) is 2. The number of aryl methyl sites for hydroxylation is 1. The highest BCUT2D eigenvalue weighted by molar-refractivity contribution is 7.11. The fourth-order valence-electron chi connectivity index (χ4n) is 1.86. The Balaban J connectivity index is 1.76. The van der Waals surface area contributed by atoms with E-state index >= 15 is 0 Å². The largest absolute Gasteiger partial charge is 0.356 e. The second-order valence-electron chi connectivity index (χ2n) is 4.60. The minimum Gasteiger partial charge on any atom is -0.356 e.